The Balaban J connectivity index is 2.13. The molecule has 0 aliphatic carbocycles. The van der Waals surface area contributed by atoms with E-state index in [-0.39, 0.29) is 5.54 Å². The van der Waals surface area contributed by atoms with Crippen molar-refractivity contribution in [3.05, 3.63) is 12.5 Å². The molecule has 3 heterocycles. The van der Waals surface area contributed by atoms with E-state index < -0.39 is 0 Å². The topological polar surface area (TPSA) is 58.9 Å². The first-order chi connectivity index (χ1) is 8.59. The average Bonchev–Trinajstić information content (AvgIpc) is 2.71. The van der Waals surface area contributed by atoms with E-state index in [0.29, 0.717) is 0 Å². The normalized spacial score (nSPS) is 19.4. The van der Waals surface area contributed by atoms with Crippen LogP contribution in [-0.4, -0.2) is 44.9 Å². The zero-order chi connectivity index (χ0) is 12.8. The standard InChI is InChI=1S/C12H18N6/c1-12(2)7-13-4-5-18(12)11-9-6-16-17(3)10(9)14-8-15-11/h6,8,13H,4-5,7H2,1-3H3. The largest absolute Gasteiger partial charge is 0.348 e. The SMILES string of the molecule is Cn1ncc2c(N3CCNCC3(C)C)ncnc21. The summed E-state index contributed by atoms with van der Waals surface area (Å²) in [7, 11) is 1.90. The number of aryl methyl sites for hydroxylation is 1. The van der Waals surface area contributed by atoms with Gasteiger partial charge in [0.05, 0.1) is 11.6 Å². The maximum atomic E-state index is 4.47. The Morgan fingerprint density at radius 2 is 2.17 bits per heavy atom. The van der Waals surface area contributed by atoms with E-state index in [1.165, 1.54) is 0 Å². The quantitative estimate of drug-likeness (QED) is 0.796. The van der Waals surface area contributed by atoms with E-state index >= 15 is 0 Å². The lowest BCUT2D eigenvalue weighted by atomic mass is 10.00. The highest BCUT2D eigenvalue weighted by atomic mass is 15.3. The molecule has 1 N–H and O–H groups in total. The summed E-state index contributed by atoms with van der Waals surface area (Å²) in [5.74, 6) is 0.986. The van der Waals surface area contributed by atoms with Crippen molar-refractivity contribution < 1.29 is 0 Å². The number of nitrogens with zero attached hydrogens (tertiary/aromatic N) is 5. The molecular formula is C12H18N6. The third-order valence-electron chi connectivity index (χ3n) is 3.56. The van der Waals surface area contributed by atoms with Crippen molar-refractivity contribution in [3.63, 3.8) is 0 Å². The number of piperazine rings is 1. The molecule has 2 aromatic rings. The van der Waals surface area contributed by atoms with Crippen LogP contribution in [0.4, 0.5) is 5.82 Å². The molecular weight excluding hydrogens is 228 g/mol. The van der Waals surface area contributed by atoms with Crippen molar-refractivity contribution in [2.45, 2.75) is 19.4 Å². The van der Waals surface area contributed by atoms with Crippen LogP contribution >= 0.6 is 0 Å². The molecule has 0 unspecified atom stereocenters. The van der Waals surface area contributed by atoms with Gasteiger partial charge in [-0.1, -0.05) is 0 Å². The zero-order valence-electron chi connectivity index (χ0n) is 11.0. The molecule has 0 spiro atoms. The Labute approximate surface area is 106 Å². The van der Waals surface area contributed by atoms with Gasteiger partial charge in [-0.25, -0.2) is 9.97 Å². The maximum Gasteiger partial charge on any atom is 0.163 e. The molecule has 2 aromatic heterocycles. The Morgan fingerprint density at radius 1 is 1.33 bits per heavy atom. The summed E-state index contributed by atoms with van der Waals surface area (Å²) in [6.45, 7) is 7.34. The van der Waals surface area contributed by atoms with Gasteiger partial charge in [-0.3, -0.25) is 4.68 Å². The van der Waals surface area contributed by atoms with Gasteiger partial charge < -0.3 is 10.2 Å². The number of nitrogens with one attached hydrogen (secondary N) is 1. The molecule has 0 atom stereocenters. The monoisotopic (exact) mass is 246 g/mol. The minimum absolute atomic E-state index is 0.0510. The van der Waals surface area contributed by atoms with Crippen molar-refractivity contribution >= 4 is 16.9 Å². The van der Waals surface area contributed by atoms with E-state index in [1.54, 1.807) is 11.0 Å². The van der Waals surface area contributed by atoms with E-state index in [1.807, 2.05) is 13.2 Å². The van der Waals surface area contributed by atoms with Gasteiger partial charge in [0.25, 0.3) is 0 Å². The number of rotatable bonds is 1. The summed E-state index contributed by atoms with van der Waals surface area (Å²) >= 11 is 0. The molecule has 6 heteroatoms. The van der Waals surface area contributed by atoms with Crippen LogP contribution in [0.1, 0.15) is 13.8 Å². The molecule has 96 valence electrons. The van der Waals surface area contributed by atoms with Crippen LogP contribution in [0, 0.1) is 0 Å². The molecule has 0 radical (unpaired) electrons. The smallest absolute Gasteiger partial charge is 0.163 e. The second-order valence-corrected chi connectivity index (χ2v) is 5.34. The summed E-state index contributed by atoms with van der Waals surface area (Å²) in [6.07, 6.45) is 3.47. The number of aromatic nitrogens is 4. The molecule has 1 aliphatic heterocycles. The molecule has 6 nitrogen and oxygen atoms in total. The molecule has 0 bridgehead atoms. The van der Waals surface area contributed by atoms with Gasteiger partial charge in [-0.15, -0.1) is 0 Å². The molecule has 1 saturated heterocycles. The second-order valence-electron chi connectivity index (χ2n) is 5.34. The fourth-order valence-corrected chi connectivity index (χ4v) is 2.54. The van der Waals surface area contributed by atoms with Crippen LogP contribution in [0.3, 0.4) is 0 Å². The minimum atomic E-state index is 0.0510. The lowest BCUT2D eigenvalue weighted by Gasteiger charge is -2.43. The fraction of sp³-hybridized carbons (Fsp3) is 0.583. The first-order valence-electron chi connectivity index (χ1n) is 6.21. The highest BCUT2D eigenvalue weighted by Crippen LogP contribution is 2.28. The van der Waals surface area contributed by atoms with Crippen molar-refractivity contribution in [1.29, 1.82) is 0 Å². The predicted octanol–water partition coefficient (Wildman–Crippen LogP) is 0.551. The fourth-order valence-electron chi connectivity index (χ4n) is 2.54. The van der Waals surface area contributed by atoms with Gasteiger partial charge in [-0.05, 0) is 13.8 Å². The maximum absolute atomic E-state index is 4.47. The first-order valence-corrected chi connectivity index (χ1v) is 6.21. The lowest BCUT2D eigenvalue weighted by Crippen LogP contribution is -2.58. The summed E-state index contributed by atoms with van der Waals surface area (Å²) < 4.78 is 1.79. The molecule has 1 aliphatic rings. The predicted molar refractivity (Wildman–Crippen MR) is 70.6 cm³/mol. The zero-order valence-corrected chi connectivity index (χ0v) is 11.0. The van der Waals surface area contributed by atoms with Crippen LogP contribution in [-0.2, 0) is 7.05 Å². The van der Waals surface area contributed by atoms with Crippen LogP contribution in [0.2, 0.25) is 0 Å². The van der Waals surface area contributed by atoms with Crippen molar-refractivity contribution in [2.75, 3.05) is 24.5 Å². The Morgan fingerprint density at radius 3 is 2.94 bits per heavy atom. The Kier molecular flexibility index (Phi) is 2.48. The van der Waals surface area contributed by atoms with E-state index in [0.717, 1.165) is 36.5 Å². The Bertz CT molecular complexity index is 573. The van der Waals surface area contributed by atoms with Gasteiger partial charge in [0.1, 0.15) is 12.1 Å². The third-order valence-corrected chi connectivity index (χ3v) is 3.56. The number of hydrogen-bond acceptors (Lipinski definition) is 5. The van der Waals surface area contributed by atoms with E-state index in [2.05, 4.69) is 39.1 Å². The van der Waals surface area contributed by atoms with Gasteiger partial charge in [0.15, 0.2) is 5.65 Å². The van der Waals surface area contributed by atoms with E-state index in [9.17, 15) is 0 Å². The highest BCUT2D eigenvalue weighted by molar-refractivity contribution is 5.87. The van der Waals surface area contributed by atoms with Gasteiger partial charge in [0.2, 0.25) is 0 Å². The van der Waals surface area contributed by atoms with Crippen LogP contribution < -0.4 is 10.2 Å². The molecule has 0 amide bonds. The van der Waals surface area contributed by atoms with Crippen molar-refractivity contribution in [2.24, 2.45) is 7.05 Å². The third kappa shape index (κ3) is 1.64. The summed E-state index contributed by atoms with van der Waals surface area (Å²) in [6, 6.07) is 0. The van der Waals surface area contributed by atoms with Crippen LogP contribution in [0.5, 0.6) is 0 Å². The number of fused-ring (bicyclic) bond motifs is 1. The molecule has 3 rings (SSSR count). The molecule has 0 saturated carbocycles. The molecule has 18 heavy (non-hydrogen) atoms. The van der Waals surface area contributed by atoms with E-state index in [4.69, 9.17) is 0 Å². The van der Waals surface area contributed by atoms with Gasteiger partial charge in [-0.2, -0.15) is 5.10 Å². The second kappa shape index (κ2) is 3.91. The average molecular weight is 246 g/mol. The van der Waals surface area contributed by atoms with Crippen LogP contribution in [0.25, 0.3) is 11.0 Å². The highest BCUT2D eigenvalue weighted by Gasteiger charge is 2.31. The van der Waals surface area contributed by atoms with Gasteiger partial charge in [0, 0.05) is 32.2 Å². The molecule has 0 aromatic carbocycles. The summed E-state index contributed by atoms with van der Waals surface area (Å²) in [5, 5.41) is 8.72. The van der Waals surface area contributed by atoms with Crippen molar-refractivity contribution in [3.8, 4) is 0 Å². The Hall–Kier alpha value is -1.69. The van der Waals surface area contributed by atoms with Crippen molar-refractivity contribution in [1.82, 2.24) is 25.1 Å². The first kappa shape index (κ1) is 11.4. The van der Waals surface area contributed by atoms with Crippen LogP contribution in [0.15, 0.2) is 12.5 Å². The van der Waals surface area contributed by atoms with Gasteiger partial charge >= 0.3 is 0 Å². The lowest BCUT2D eigenvalue weighted by molar-refractivity contribution is 0.378. The summed E-state index contributed by atoms with van der Waals surface area (Å²) in [5.41, 5.74) is 0.935. The minimum Gasteiger partial charge on any atom is -0.348 e. The molecule has 1 fully saturated rings. The number of anilines is 1. The summed E-state index contributed by atoms with van der Waals surface area (Å²) in [4.78, 5) is 11.1. The number of hydrogen-bond donors (Lipinski definition) is 1.